The van der Waals surface area contributed by atoms with Gasteiger partial charge in [0.2, 0.25) is 5.91 Å². The maximum atomic E-state index is 12.7. The highest BCUT2D eigenvalue weighted by Crippen LogP contribution is 2.24. The SMILES string of the molecule is CC1CN(C(=O)c2ccc3c(c2)CCC(=O)N3)CC(C)N1.Cl. The third-order valence-electron chi connectivity index (χ3n) is 4.09. The van der Waals surface area contributed by atoms with Gasteiger partial charge in [0, 0.05) is 42.8 Å². The summed E-state index contributed by atoms with van der Waals surface area (Å²) in [5, 5.41) is 6.27. The molecule has 1 aromatic carbocycles. The van der Waals surface area contributed by atoms with E-state index < -0.39 is 0 Å². The number of hydrogen-bond acceptors (Lipinski definition) is 3. The third kappa shape index (κ3) is 3.42. The van der Waals surface area contributed by atoms with E-state index in [9.17, 15) is 9.59 Å². The Kier molecular flexibility index (Phi) is 5.08. The molecule has 6 heteroatoms. The van der Waals surface area contributed by atoms with Crippen molar-refractivity contribution in [3.8, 4) is 0 Å². The molecular formula is C16H22ClN3O2. The minimum absolute atomic E-state index is 0. The maximum absolute atomic E-state index is 12.7. The summed E-state index contributed by atoms with van der Waals surface area (Å²) in [6, 6.07) is 6.21. The minimum atomic E-state index is 0. The van der Waals surface area contributed by atoms with Gasteiger partial charge < -0.3 is 15.5 Å². The predicted octanol–water partition coefficient (Wildman–Crippen LogP) is 1.82. The Morgan fingerprint density at radius 2 is 1.86 bits per heavy atom. The molecule has 22 heavy (non-hydrogen) atoms. The van der Waals surface area contributed by atoms with Gasteiger partial charge in [0.05, 0.1) is 0 Å². The number of aryl methyl sites for hydroxylation is 1. The van der Waals surface area contributed by atoms with Gasteiger partial charge in [0.1, 0.15) is 0 Å². The van der Waals surface area contributed by atoms with Crippen molar-refractivity contribution >= 4 is 29.9 Å². The highest BCUT2D eigenvalue weighted by molar-refractivity contribution is 5.98. The second kappa shape index (κ2) is 6.67. The lowest BCUT2D eigenvalue weighted by atomic mass is 9.99. The molecule has 1 fully saturated rings. The number of amides is 2. The van der Waals surface area contributed by atoms with E-state index >= 15 is 0 Å². The fourth-order valence-corrected chi connectivity index (χ4v) is 3.19. The molecule has 5 nitrogen and oxygen atoms in total. The Hall–Kier alpha value is -1.59. The molecule has 1 aromatic rings. The Balaban J connectivity index is 0.00000176. The van der Waals surface area contributed by atoms with Crippen LogP contribution in [0.1, 0.15) is 36.2 Å². The fourth-order valence-electron chi connectivity index (χ4n) is 3.19. The molecular weight excluding hydrogens is 302 g/mol. The minimum Gasteiger partial charge on any atom is -0.336 e. The normalized spacial score (nSPS) is 24.1. The fraction of sp³-hybridized carbons (Fsp3) is 0.500. The average Bonchev–Trinajstić information content (AvgIpc) is 2.45. The van der Waals surface area contributed by atoms with Gasteiger partial charge in [-0.3, -0.25) is 9.59 Å². The molecule has 2 unspecified atom stereocenters. The second-order valence-corrected chi connectivity index (χ2v) is 6.10. The van der Waals surface area contributed by atoms with Gasteiger partial charge in [-0.2, -0.15) is 0 Å². The molecule has 0 bridgehead atoms. The van der Waals surface area contributed by atoms with Crippen molar-refractivity contribution in [1.29, 1.82) is 0 Å². The molecule has 0 aromatic heterocycles. The van der Waals surface area contributed by atoms with E-state index in [0.29, 0.717) is 30.5 Å². The van der Waals surface area contributed by atoms with Gasteiger partial charge in [0.15, 0.2) is 0 Å². The van der Waals surface area contributed by atoms with Crippen LogP contribution in [0, 0.1) is 0 Å². The van der Waals surface area contributed by atoms with Gasteiger partial charge in [0.25, 0.3) is 5.91 Å². The number of fused-ring (bicyclic) bond motifs is 1. The summed E-state index contributed by atoms with van der Waals surface area (Å²) in [4.78, 5) is 25.9. The molecule has 0 aliphatic carbocycles. The first-order valence-corrected chi connectivity index (χ1v) is 7.51. The van der Waals surface area contributed by atoms with E-state index in [2.05, 4.69) is 24.5 Å². The molecule has 2 heterocycles. The summed E-state index contributed by atoms with van der Waals surface area (Å²) in [7, 11) is 0. The van der Waals surface area contributed by atoms with E-state index in [0.717, 1.165) is 24.3 Å². The van der Waals surface area contributed by atoms with E-state index in [1.165, 1.54) is 0 Å². The summed E-state index contributed by atoms with van der Waals surface area (Å²) in [5.41, 5.74) is 2.60. The van der Waals surface area contributed by atoms with Crippen molar-refractivity contribution in [1.82, 2.24) is 10.2 Å². The summed E-state index contributed by atoms with van der Waals surface area (Å²) in [5.74, 6) is 0.126. The van der Waals surface area contributed by atoms with E-state index in [4.69, 9.17) is 0 Å². The lowest BCUT2D eigenvalue weighted by Gasteiger charge is -2.36. The molecule has 2 atom stereocenters. The molecule has 2 amide bonds. The molecule has 2 aliphatic heterocycles. The largest absolute Gasteiger partial charge is 0.336 e. The quantitative estimate of drug-likeness (QED) is 0.828. The lowest BCUT2D eigenvalue weighted by molar-refractivity contribution is -0.116. The first kappa shape index (κ1) is 16.8. The lowest BCUT2D eigenvalue weighted by Crippen LogP contribution is -2.55. The van der Waals surface area contributed by atoms with Crippen LogP contribution in [0.4, 0.5) is 5.69 Å². The van der Waals surface area contributed by atoms with Gasteiger partial charge in [-0.1, -0.05) is 0 Å². The number of carbonyl (C=O) groups excluding carboxylic acids is 2. The molecule has 0 saturated carbocycles. The van der Waals surface area contributed by atoms with Gasteiger partial charge >= 0.3 is 0 Å². The first-order valence-electron chi connectivity index (χ1n) is 7.51. The van der Waals surface area contributed by atoms with Crippen molar-refractivity contribution in [2.75, 3.05) is 18.4 Å². The number of nitrogens with zero attached hydrogens (tertiary/aromatic N) is 1. The van der Waals surface area contributed by atoms with Crippen LogP contribution in [0.25, 0.3) is 0 Å². The second-order valence-electron chi connectivity index (χ2n) is 6.10. The van der Waals surface area contributed by atoms with Crippen LogP contribution in [-0.4, -0.2) is 41.9 Å². The summed E-state index contributed by atoms with van der Waals surface area (Å²) < 4.78 is 0. The van der Waals surface area contributed by atoms with E-state index in [1.807, 2.05) is 23.1 Å². The maximum Gasteiger partial charge on any atom is 0.253 e. The zero-order valence-electron chi connectivity index (χ0n) is 12.9. The molecule has 1 saturated heterocycles. The predicted molar refractivity (Wildman–Crippen MR) is 88.6 cm³/mol. The van der Waals surface area contributed by atoms with E-state index in [1.54, 1.807) is 0 Å². The average molecular weight is 324 g/mol. The number of nitrogens with one attached hydrogen (secondary N) is 2. The molecule has 2 aliphatic rings. The molecule has 2 N–H and O–H groups in total. The third-order valence-corrected chi connectivity index (χ3v) is 4.09. The van der Waals surface area contributed by atoms with Gasteiger partial charge in [-0.05, 0) is 44.0 Å². The van der Waals surface area contributed by atoms with Crippen LogP contribution >= 0.6 is 12.4 Å². The van der Waals surface area contributed by atoms with Crippen molar-refractivity contribution in [2.45, 2.75) is 38.8 Å². The van der Waals surface area contributed by atoms with Crippen LogP contribution in [0.15, 0.2) is 18.2 Å². The number of rotatable bonds is 1. The van der Waals surface area contributed by atoms with Crippen molar-refractivity contribution in [3.05, 3.63) is 29.3 Å². The van der Waals surface area contributed by atoms with Crippen molar-refractivity contribution in [2.24, 2.45) is 0 Å². The number of halogens is 1. The van der Waals surface area contributed by atoms with Crippen LogP contribution in [-0.2, 0) is 11.2 Å². The van der Waals surface area contributed by atoms with Crippen molar-refractivity contribution in [3.63, 3.8) is 0 Å². The molecule has 3 rings (SSSR count). The Morgan fingerprint density at radius 3 is 2.55 bits per heavy atom. The Labute approximate surface area is 136 Å². The number of carbonyl (C=O) groups is 2. The van der Waals surface area contributed by atoms with Crippen LogP contribution in [0.2, 0.25) is 0 Å². The summed E-state index contributed by atoms with van der Waals surface area (Å²) in [6.07, 6.45) is 1.20. The highest BCUT2D eigenvalue weighted by atomic mass is 35.5. The molecule has 0 radical (unpaired) electrons. The van der Waals surface area contributed by atoms with E-state index in [-0.39, 0.29) is 24.2 Å². The highest BCUT2D eigenvalue weighted by Gasteiger charge is 2.26. The smallest absolute Gasteiger partial charge is 0.253 e. The number of hydrogen-bond donors (Lipinski definition) is 2. The van der Waals surface area contributed by atoms with Gasteiger partial charge in [-0.25, -0.2) is 0 Å². The summed E-state index contributed by atoms with van der Waals surface area (Å²) in [6.45, 7) is 5.66. The molecule has 0 spiro atoms. The Morgan fingerprint density at radius 1 is 1.18 bits per heavy atom. The Bertz CT molecular complexity index is 581. The zero-order chi connectivity index (χ0) is 15.0. The number of piperazine rings is 1. The van der Waals surface area contributed by atoms with Crippen LogP contribution in [0.5, 0.6) is 0 Å². The number of anilines is 1. The number of benzene rings is 1. The van der Waals surface area contributed by atoms with Crippen LogP contribution in [0.3, 0.4) is 0 Å². The van der Waals surface area contributed by atoms with Gasteiger partial charge in [-0.15, -0.1) is 12.4 Å². The monoisotopic (exact) mass is 323 g/mol. The first-order chi connectivity index (χ1) is 10.0. The van der Waals surface area contributed by atoms with Crippen molar-refractivity contribution < 1.29 is 9.59 Å². The standard InChI is InChI=1S/C16H21N3O2.ClH/c1-10-8-19(9-11(2)17-10)16(21)13-3-5-14-12(7-13)4-6-15(20)18-14;/h3,5,7,10-11,17H,4,6,8-9H2,1-2H3,(H,18,20);1H. The topological polar surface area (TPSA) is 61.4 Å². The van der Waals surface area contributed by atoms with Crippen LogP contribution < -0.4 is 10.6 Å². The summed E-state index contributed by atoms with van der Waals surface area (Å²) >= 11 is 0. The molecule has 120 valence electrons. The zero-order valence-corrected chi connectivity index (χ0v) is 13.7.